The first-order chi connectivity index (χ1) is 11.6. The molecule has 122 valence electrons. The molecule has 0 bridgehead atoms. The van der Waals surface area contributed by atoms with Crippen LogP contribution in [0.3, 0.4) is 0 Å². The van der Waals surface area contributed by atoms with E-state index in [0.29, 0.717) is 12.1 Å². The van der Waals surface area contributed by atoms with Crippen LogP contribution in [0.5, 0.6) is 0 Å². The number of benzene rings is 2. The molecule has 0 saturated heterocycles. The molecule has 0 fully saturated rings. The van der Waals surface area contributed by atoms with E-state index in [-0.39, 0.29) is 24.3 Å². The predicted molar refractivity (Wildman–Crippen MR) is 92.0 cm³/mol. The molecular formula is C19H19N3O2. The summed E-state index contributed by atoms with van der Waals surface area (Å²) in [6.07, 6.45) is 0.483. The van der Waals surface area contributed by atoms with Gasteiger partial charge in [-0.15, -0.1) is 0 Å². The van der Waals surface area contributed by atoms with E-state index in [1.807, 2.05) is 30.3 Å². The lowest BCUT2D eigenvalue weighted by molar-refractivity contribution is -0.120. The van der Waals surface area contributed by atoms with Crippen molar-refractivity contribution >= 4 is 17.5 Å². The van der Waals surface area contributed by atoms with Crippen LogP contribution < -0.4 is 10.6 Å². The Kier molecular flexibility index (Phi) is 6.09. The van der Waals surface area contributed by atoms with E-state index in [9.17, 15) is 9.59 Å². The average molecular weight is 321 g/mol. The Bertz CT molecular complexity index is 733. The predicted octanol–water partition coefficient (Wildman–Crippen LogP) is 2.96. The molecule has 0 aliphatic carbocycles. The number of rotatable bonds is 6. The van der Waals surface area contributed by atoms with Crippen molar-refractivity contribution in [2.45, 2.75) is 25.8 Å². The Morgan fingerprint density at radius 1 is 1.08 bits per heavy atom. The quantitative estimate of drug-likeness (QED) is 0.858. The van der Waals surface area contributed by atoms with Crippen molar-refractivity contribution in [3.63, 3.8) is 0 Å². The average Bonchev–Trinajstić information content (AvgIpc) is 2.57. The highest BCUT2D eigenvalue weighted by Gasteiger charge is 2.17. The van der Waals surface area contributed by atoms with Crippen LogP contribution in [0.1, 0.15) is 30.5 Å². The Morgan fingerprint density at radius 3 is 2.33 bits per heavy atom. The standard InChI is InChI=1S/C19H19N3O2/c1-14(23)21-18(16-5-3-2-4-6-16)13-19(24)22-17-9-7-15(8-10-17)11-12-20/h2-10,18H,11,13H2,1H3,(H,21,23)(H,22,24). The van der Waals surface area contributed by atoms with Gasteiger partial charge in [0.2, 0.25) is 11.8 Å². The summed E-state index contributed by atoms with van der Waals surface area (Å²) in [5.74, 6) is -0.372. The topological polar surface area (TPSA) is 82.0 Å². The van der Waals surface area contributed by atoms with Crippen molar-refractivity contribution in [3.8, 4) is 6.07 Å². The normalized spacial score (nSPS) is 11.2. The minimum Gasteiger partial charge on any atom is -0.349 e. The second-order valence-corrected chi connectivity index (χ2v) is 5.45. The summed E-state index contributed by atoms with van der Waals surface area (Å²) in [5.41, 5.74) is 2.44. The van der Waals surface area contributed by atoms with Crippen LogP contribution in [0.4, 0.5) is 5.69 Å². The zero-order valence-corrected chi connectivity index (χ0v) is 13.5. The Hall–Kier alpha value is -3.13. The minimum absolute atomic E-state index is 0.142. The minimum atomic E-state index is -0.374. The SMILES string of the molecule is CC(=O)NC(CC(=O)Nc1ccc(CC#N)cc1)c1ccccc1. The Morgan fingerprint density at radius 2 is 1.75 bits per heavy atom. The van der Waals surface area contributed by atoms with Crippen LogP contribution in [-0.4, -0.2) is 11.8 Å². The molecule has 2 amide bonds. The molecule has 2 N–H and O–H groups in total. The summed E-state index contributed by atoms with van der Waals surface area (Å²) < 4.78 is 0. The summed E-state index contributed by atoms with van der Waals surface area (Å²) in [6.45, 7) is 1.43. The maximum Gasteiger partial charge on any atom is 0.226 e. The van der Waals surface area contributed by atoms with Gasteiger partial charge in [-0.25, -0.2) is 0 Å². The van der Waals surface area contributed by atoms with Gasteiger partial charge in [0.25, 0.3) is 0 Å². The molecule has 2 aromatic carbocycles. The van der Waals surface area contributed by atoms with Gasteiger partial charge in [0.15, 0.2) is 0 Å². The fourth-order valence-electron chi connectivity index (χ4n) is 2.38. The van der Waals surface area contributed by atoms with Crippen LogP contribution in [0.2, 0.25) is 0 Å². The molecule has 24 heavy (non-hydrogen) atoms. The highest BCUT2D eigenvalue weighted by Crippen LogP contribution is 2.18. The van der Waals surface area contributed by atoms with Gasteiger partial charge >= 0.3 is 0 Å². The zero-order valence-electron chi connectivity index (χ0n) is 13.5. The maximum absolute atomic E-state index is 12.3. The lowest BCUT2D eigenvalue weighted by Gasteiger charge is -2.18. The van der Waals surface area contributed by atoms with Gasteiger partial charge in [-0.05, 0) is 23.3 Å². The van der Waals surface area contributed by atoms with Gasteiger partial charge in [-0.3, -0.25) is 9.59 Å². The summed E-state index contributed by atoms with van der Waals surface area (Å²) in [6, 6.07) is 18.2. The van der Waals surface area contributed by atoms with Crippen molar-refractivity contribution < 1.29 is 9.59 Å². The molecule has 0 radical (unpaired) electrons. The molecule has 0 spiro atoms. The summed E-state index contributed by atoms with van der Waals surface area (Å²) >= 11 is 0. The molecule has 5 heteroatoms. The number of carbonyl (C=O) groups is 2. The second kappa shape index (κ2) is 8.49. The van der Waals surface area contributed by atoms with Gasteiger partial charge in [-0.2, -0.15) is 5.26 Å². The van der Waals surface area contributed by atoms with Crippen molar-refractivity contribution in [2.24, 2.45) is 0 Å². The van der Waals surface area contributed by atoms with E-state index in [2.05, 4.69) is 16.7 Å². The van der Waals surface area contributed by atoms with Crippen LogP contribution in [-0.2, 0) is 16.0 Å². The number of hydrogen-bond donors (Lipinski definition) is 2. The first kappa shape index (κ1) is 17.2. The van der Waals surface area contributed by atoms with E-state index in [4.69, 9.17) is 5.26 Å². The lowest BCUT2D eigenvalue weighted by Crippen LogP contribution is -2.29. The Balaban J connectivity index is 2.02. The molecule has 0 aromatic heterocycles. The first-order valence-electron chi connectivity index (χ1n) is 7.66. The third-order valence-corrected chi connectivity index (χ3v) is 3.49. The van der Waals surface area contributed by atoms with Gasteiger partial charge in [0, 0.05) is 12.6 Å². The molecule has 5 nitrogen and oxygen atoms in total. The number of anilines is 1. The highest BCUT2D eigenvalue weighted by atomic mass is 16.2. The number of nitrogens with zero attached hydrogens (tertiary/aromatic N) is 1. The molecule has 0 aliphatic rings. The molecule has 0 aliphatic heterocycles. The first-order valence-corrected chi connectivity index (χ1v) is 7.66. The monoisotopic (exact) mass is 321 g/mol. The van der Waals surface area contributed by atoms with Crippen molar-refractivity contribution in [1.82, 2.24) is 5.32 Å². The molecule has 0 heterocycles. The van der Waals surface area contributed by atoms with E-state index < -0.39 is 0 Å². The van der Waals surface area contributed by atoms with Crippen LogP contribution in [0, 0.1) is 11.3 Å². The summed E-state index contributed by atoms with van der Waals surface area (Å²) in [4.78, 5) is 23.7. The second-order valence-electron chi connectivity index (χ2n) is 5.45. The van der Waals surface area contributed by atoms with Crippen LogP contribution in [0.25, 0.3) is 0 Å². The van der Waals surface area contributed by atoms with Crippen LogP contribution >= 0.6 is 0 Å². The fourth-order valence-corrected chi connectivity index (χ4v) is 2.38. The number of hydrogen-bond acceptors (Lipinski definition) is 3. The summed E-state index contributed by atoms with van der Waals surface area (Å²) in [7, 11) is 0. The third-order valence-electron chi connectivity index (χ3n) is 3.49. The molecular weight excluding hydrogens is 302 g/mol. The molecule has 2 rings (SSSR count). The van der Waals surface area contributed by atoms with E-state index >= 15 is 0 Å². The van der Waals surface area contributed by atoms with Crippen molar-refractivity contribution in [3.05, 3.63) is 65.7 Å². The van der Waals surface area contributed by atoms with Crippen LogP contribution in [0.15, 0.2) is 54.6 Å². The maximum atomic E-state index is 12.3. The molecule has 1 atom stereocenters. The van der Waals surface area contributed by atoms with E-state index in [1.54, 1.807) is 24.3 Å². The van der Waals surface area contributed by atoms with E-state index in [1.165, 1.54) is 6.92 Å². The largest absolute Gasteiger partial charge is 0.349 e. The van der Waals surface area contributed by atoms with Gasteiger partial charge < -0.3 is 10.6 Å². The number of nitriles is 1. The fraction of sp³-hybridized carbons (Fsp3) is 0.211. The molecule has 2 aromatic rings. The summed E-state index contributed by atoms with van der Waals surface area (Å²) in [5, 5.41) is 14.3. The van der Waals surface area contributed by atoms with E-state index in [0.717, 1.165) is 11.1 Å². The zero-order chi connectivity index (χ0) is 17.4. The van der Waals surface area contributed by atoms with Crippen molar-refractivity contribution in [1.29, 1.82) is 5.26 Å². The van der Waals surface area contributed by atoms with Gasteiger partial charge in [0.1, 0.15) is 0 Å². The Labute approximate surface area is 141 Å². The number of nitrogens with one attached hydrogen (secondary N) is 2. The molecule has 0 saturated carbocycles. The smallest absolute Gasteiger partial charge is 0.226 e. The van der Waals surface area contributed by atoms with Gasteiger partial charge in [-0.1, -0.05) is 42.5 Å². The number of carbonyl (C=O) groups excluding carboxylic acids is 2. The highest BCUT2D eigenvalue weighted by molar-refractivity contribution is 5.91. The van der Waals surface area contributed by atoms with Gasteiger partial charge in [0.05, 0.1) is 25.0 Å². The van der Waals surface area contributed by atoms with Crippen molar-refractivity contribution in [2.75, 3.05) is 5.32 Å². The molecule has 1 unspecified atom stereocenters. The number of amides is 2. The third kappa shape index (κ3) is 5.25. The lowest BCUT2D eigenvalue weighted by atomic mass is 10.0.